The van der Waals surface area contributed by atoms with E-state index < -0.39 is 6.10 Å². The van der Waals surface area contributed by atoms with Crippen molar-refractivity contribution in [3.8, 4) is 11.5 Å². The highest BCUT2D eigenvalue weighted by molar-refractivity contribution is 5.88. The molecule has 5 heteroatoms. The Bertz CT molecular complexity index is 890. The second-order valence-electron chi connectivity index (χ2n) is 6.09. The number of hydrogen-bond donors (Lipinski definition) is 1. The first-order valence-electron chi connectivity index (χ1n) is 8.98. The molecule has 0 aliphatic heterocycles. The predicted octanol–water partition coefficient (Wildman–Crippen LogP) is 4.33. The zero-order valence-corrected chi connectivity index (χ0v) is 15.2. The molecule has 27 heavy (non-hydrogen) atoms. The monoisotopic (exact) mass is 367 g/mol. The molecule has 0 saturated heterocycles. The molecule has 3 aromatic carbocycles. The third-order valence-corrected chi connectivity index (χ3v) is 4.16. The summed E-state index contributed by atoms with van der Waals surface area (Å²) in [6.45, 7) is 2.58. The minimum Gasteiger partial charge on any atom is -0.491 e. The maximum atomic E-state index is 13.0. The van der Waals surface area contributed by atoms with Crippen LogP contribution in [0.1, 0.15) is 13.3 Å². The molecule has 1 N–H and O–H groups in total. The summed E-state index contributed by atoms with van der Waals surface area (Å²) in [6.07, 6.45) is -0.124. The smallest absolute Gasteiger partial charge is 0.261 e. The van der Waals surface area contributed by atoms with Gasteiger partial charge in [0.15, 0.2) is 6.10 Å². The van der Waals surface area contributed by atoms with Crippen molar-refractivity contribution in [3.63, 3.8) is 0 Å². The van der Waals surface area contributed by atoms with E-state index in [1.54, 1.807) is 0 Å². The zero-order chi connectivity index (χ0) is 19.1. The van der Waals surface area contributed by atoms with Crippen molar-refractivity contribution in [1.82, 2.24) is 5.32 Å². The maximum absolute atomic E-state index is 13.0. The highest BCUT2D eigenvalue weighted by Crippen LogP contribution is 2.24. The van der Waals surface area contributed by atoms with Crippen LogP contribution in [0.5, 0.6) is 11.5 Å². The first kappa shape index (κ1) is 18.7. The van der Waals surface area contributed by atoms with Gasteiger partial charge in [0, 0.05) is 5.39 Å². The molecular weight excluding hydrogens is 345 g/mol. The fourth-order valence-corrected chi connectivity index (χ4v) is 2.77. The molecule has 0 aliphatic carbocycles. The van der Waals surface area contributed by atoms with Crippen LogP contribution in [0, 0.1) is 5.82 Å². The summed E-state index contributed by atoms with van der Waals surface area (Å²) in [5.41, 5.74) is 0. The van der Waals surface area contributed by atoms with E-state index in [1.807, 2.05) is 49.4 Å². The SMILES string of the molecule is CC[C@@H](Oc1ccc(F)cc1)C(=O)NCCOc1cccc2ccccc12. The Hall–Kier alpha value is -3.08. The number of rotatable bonds is 8. The third-order valence-electron chi connectivity index (χ3n) is 4.16. The molecular formula is C22H22FNO3. The molecule has 0 fully saturated rings. The second-order valence-corrected chi connectivity index (χ2v) is 6.09. The first-order chi connectivity index (χ1) is 13.2. The number of hydrogen-bond acceptors (Lipinski definition) is 3. The molecule has 4 nitrogen and oxygen atoms in total. The van der Waals surface area contributed by atoms with Crippen molar-refractivity contribution in [2.45, 2.75) is 19.4 Å². The van der Waals surface area contributed by atoms with Gasteiger partial charge in [0.2, 0.25) is 0 Å². The van der Waals surface area contributed by atoms with E-state index >= 15 is 0 Å². The standard InChI is InChI=1S/C22H22FNO3/c1-2-20(27-18-12-10-17(23)11-13-18)22(25)24-14-15-26-21-9-5-7-16-6-3-4-8-19(16)21/h3-13,20H,2,14-15H2,1H3,(H,24,25)/t20-/m1/s1. The van der Waals surface area contributed by atoms with E-state index in [1.165, 1.54) is 24.3 Å². The fraction of sp³-hybridized carbons (Fsp3) is 0.227. The van der Waals surface area contributed by atoms with Gasteiger partial charge in [-0.05, 0) is 42.1 Å². The van der Waals surface area contributed by atoms with Crippen LogP contribution in [0.15, 0.2) is 66.7 Å². The largest absolute Gasteiger partial charge is 0.491 e. The minimum absolute atomic E-state index is 0.219. The van der Waals surface area contributed by atoms with Crippen molar-refractivity contribution in [2.24, 2.45) is 0 Å². The number of fused-ring (bicyclic) bond motifs is 1. The van der Waals surface area contributed by atoms with Gasteiger partial charge in [-0.25, -0.2) is 4.39 Å². The van der Waals surface area contributed by atoms with Crippen LogP contribution in [0.3, 0.4) is 0 Å². The number of carbonyl (C=O) groups excluding carboxylic acids is 1. The van der Waals surface area contributed by atoms with E-state index in [-0.39, 0.29) is 11.7 Å². The Morgan fingerprint density at radius 3 is 2.56 bits per heavy atom. The van der Waals surface area contributed by atoms with Crippen molar-refractivity contribution in [3.05, 3.63) is 72.5 Å². The van der Waals surface area contributed by atoms with Crippen LogP contribution in [0.4, 0.5) is 4.39 Å². The number of halogens is 1. The first-order valence-corrected chi connectivity index (χ1v) is 8.98. The lowest BCUT2D eigenvalue weighted by molar-refractivity contribution is -0.128. The molecule has 0 spiro atoms. The van der Waals surface area contributed by atoms with Gasteiger partial charge in [-0.2, -0.15) is 0 Å². The van der Waals surface area contributed by atoms with Crippen molar-refractivity contribution in [1.29, 1.82) is 0 Å². The lowest BCUT2D eigenvalue weighted by Gasteiger charge is -2.17. The average Bonchev–Trinajstić information content (AvgIpc) is 2.70. The van der Waals surface area contributed by atoms with E-state index in [4.69, 9.17) is 9.47 Å². The number of carbonyl (C=O) groups is 1. The normalized spacial score (nSPS) is 11.8. The number of benzene rings is 3. The maximum Gasteiger partial charge on any atom is 0.261 e. The molecule has 0 saturated carbocycles. The van der Waals surface area contributed by atoms with Crippen molar-refractivity contribution < 1.29 is 18.7 Å². The van der Waals surface area contributed by atoms with Gasteiger partial charge < -0.3 is 14.8 Å². The molecule has 3 rings (SSSR count). The third kappa shape index (κ3) is 4.97. The lowest BCUT2D eigenvalue weighted by atomic mass is 10.1. The molecule has 0 bridgehead atoms. The van der Waals surface area contributed by atoms with Gasteiger partial charge in [-0.1, -0.05) is 43.3 Å². The molecule has 3 aromatic rings. The molecule has 0 aliphatic rings. The van der Waals surface area contributed by atoms with Crippen LogP contribution < -0.4 is 14.8 Å². The van der Waals surface area contributed by atoms with Gasteiger partial charge in [0.05, 0.1) is 6.54 Å². The van der Waals surface area contributed by atoms with E-state index in [0.29, 0.717) is 25.3 Å². The van der Waals surface area contributed by atoms with Crippen molar-refractivity contribution >= 4 is 16.7 Å². The Balaban J connectivity index is 1.50. The van der Waals surface area contributed by atoms with Crippen molar-refractivity contribution in [2.75, 3.05) is 13.2 Å². The lowest BCUT2D eigenvalue weighted by Crippen LogP contribution is -2.39. The van der Waals surface area contributed by atoms with Crippen LogP contribution in [-0.2, 0) is 4.79 Å². The second kappa shape index (κ2) is 9.03. The molecule has 0 aromatic heterocycles. The van der Waals surface area contributed by atoms with Gasteiger partial charge in [-0.15, -0.1) is 0 Å². The number of nitrogens with one attached hydrogen (secondary N) is 1. The van der Waals surface area contributed by atoms with Crippen LogP contribution in [0.25, 0.3) is 10.8 Å². The molecule has 1 atom stereocenters. The topological polar surface area (TPSA) is 47.6 Å². The Labute approximate surface area is 157 Å². The van der Waals surface area contributed by atoms with Crippen LogP contribution >= 0.6 is 0 Å². The summed E-state index contributed by atoms with van der Waals surface area (Å²) in [5, 5.41) is 4.97. The highest BCUT2D eigenvalue weighted by atomic mass is 19.1. The zero-order valence-electron chi connectivity index (χ0n) is 15.2. The Kier molecular flexibility index (Phi) is 6.26. The summed E-state index contributed by atoms with van der Waals surface area (Å²) in [7, 11) is 0. The molecule has 0 unspecified atom stereocenters. The Morgan fingerprint density at radius 1 is 1.04 bits per heavy atom. The average molecular weight is 367 g/mol. The van der Waals surface area contributed by atoms with Gasteiger partial charge in [0.25, 0.3) is 5.91 Å². The van der Waals surface area contributed by atoms with E-state index in [2.05, 4.69) is 5.32 Å². The molecule has 140 valence electrons. The van der Waals surface area contributed by atoms with Crippen LogP contribution in [0.2, 0.25) is 0 Å². The van der Waals surface area contributed by atoms with E-state index in [0.717, 1.165) is 16.5 Å². The molecule has 1 amide bonds. The van der Waals surface area contributed by atoms with Gasteiger partial charge in [-0.3, -0.25) is 4.79 Å². The fourth-order valence-electron chi connectivity index (χ4n) is 2.77. The molecule has 0 heterocycles. The van der Waals surface area contributed by atoms with Gasteiger partial charge in [0.1, 0.15) is 23.9 Å². The number of amides is 1. The highest BCUT2D eigenvalue weighted by Gasteiger charge is 2.18. The van der Waals surface area contributed by atoms with Crippen LogP contribution in [-0.4, -0.2) is 25.2 Å². The quantitative estimate of drug-likeness (QED) is 0.603. The summed E-state index contributed by atoms with van der Waals surface area (Å²) >= 11 is 0. The van der Waals surface area contributed by atoms with Gasteiger partial charge >= 0.3 is 0 Å². The molecule has 0 radical (unpaired) electrons. The summed E-state index contributed by atoms with van der Waals surface area (Å²) in [6, 6.07) is 19.5. The Morgan fingerprint density at radius 2 is 1.78 bits per heavy atom. The summed E-state index contributed by atoms with van der Waals surface area (Å²) in [4.78, 5) is 12.3. The number of ether oxygens (including phenoxy) is 2. The minimum atomic E-state index is -0.631. The van der Waals surface area contributed by atoms with E-state index in [9.17, 15) is 9.18 Å². The summed E-state index contributed by atoms with van der Waals surface area (Å²) < 4.78 is 24.4. The predicted molar refractivity (Wildman–Crippen MR) is 104 cm³/mol. The summed E-state index contributed by atoms with van der Waals surface area (Å²) in [5.74, 6) is 0.691.